The van der Waals surface area contributed by atoms with Gasteiger partial charge in [-0.1, -0.05) is 12.1 Å². The molecule has 0 bridgehead atoms. The van der Waals surface area contributed by atoms with Crippen LogP contribution in [0.2, 0.25) is 0 Å². The van der Waals surface area contributed by atoms with Crippen LogP contribution >= 0.6 is 0 Å². The molecule has 2 N–H and O–H groups in total. The highest BCUT2D eigenvalue weighted by molar-refractivity contribution is 5.94. The molecule has 2 rings (SSSR count). The van der Waals surface area contributed by atoms with Crippen molar-refractivity contribution in [2.75, 3.05) is 26.7 Å². The van der Waals surface area contributed by atoms with E-state index in [1.54, 1.807) is 11.0 Å². The maximum atomic E-state index is 13.7. The number of nitrogens with one attached hydrogen (secondary N) is 2. The third-order valence-corrected chi connectivity index (χ3v) is 3.83. The summed E-state index contributed by atoms with van der Waals surface area (Å²) >= 11 is 0. The largest absolute Gasteiger partial charge is 0.453 e. The molecule has 1 aliphatic heterocycles. The van der Waals surface area contributed by atoms with Crippen molar-refractivity contribution in [3.8, 4) is 0 Å². The number of hydrogen-bond donors (Lipinski definition) is 2. The first-order valence-electron chi connectivity index (χ1n) is 7.66. The Kier molecular flexibility index (Phi) is 6.11. The van der Waals surface area contributed by atoms with Gasteiger partial charge in [-0.25, -0.2) is 9.18 Å². The fourth-order valence-corrected chi connectivity index (χ4v) is 2.54. The first-order chi connectivity index (χ1) is 11.5. The summed E-state index contributed by atoms with van der Waals surface area (Å²) in [6, 6.07) is 5.80. The van der Waals surface area contributed by atoms with E-state index in [1.807, 2.05) is 0 Å². The van der Waals surface area contributed by atoms with E-state index in [0.717, 1.165) is 0 Å². The molecule has 1 heterocycles. The minimum absolute atomic E-state index is 0.0577. The summed E-state index contributed by atoms with van der Waals surface area (Å²) < 4.78 is 18.1. The molecule has 8 heteroatoms. The molecule has 1 aliphatic rings. The van der Waals surface area contributed by atoms with E-state index in [0.29, 0.717) is 25.9 Å². The molecular formula is C16H20FN3O4. The Morgan fingerprint density at radius 3 is 2.54 bits per heavy atom. The molecule has 1 saturated heterocycles. The van der Waals surface area contributed by atoms with E-state index < -0.39 is 11.9 Å². The van der Waals surface area contributed by atoms with Gasteiger partial charge in [0.05, 0.1) is 12.7 Å². The number of nitrogens with zero attached hydrogens (tertiary/aromatic N) is 1. The van der Waals surface area contributed by atoms with Gasteiger partial charge in [-0.05, 0) is 25.0 Å². The topological polar surface area (TPSA) is 87.7 Å². The lowest BCUT2D eigenvalue weighted by Gasteiger charge is -2.32. The standard InChI is InChI=1S/C16H20FN3O4/c1-24-16(23)18-10-14(21)19-11-6-8-20(9-7-11)15(22)12-4-2-3-5-13(12)17/h2-5,11H,6-10H2,1H3,(H,18,23)(H,19,21). The average Bonchev–Trinajstić information content (AvgIpc) is 2.60. The van der Waals surface area contributed by atoms with Crippen LogP contribution in [-0.2, 0) is 9.53 Å². The predicted molar refractivity (Wildman–Crippen MR) is 83.9 cm³/mol. The maximum Gasteiger partial charge on any atom is 0.407 e. The number of carbonyl (C=O) groups is 3. The number of carbonyl (C=O) groups excluding carboxylic acids is 3. The van der Waals surface area contributed by atoms with Crippen LogP contribution in [-0.4, -0.2) is 55.6 Å². The molecule has 3 amide bonds. The molecule has 0 aromatic heterocycles. The molecule has 0 aliphatic carbocycles. The van der Waals surface area contributed by atoms with Gasteiger partial charge in [0, 0.05) is 19.1 Å². The zero-order valence-electron chi connectivity index (χ0n) is 13.4. The average molecular weight is 337 g/mol. The van der Waals surface area contributed by atoms with Crippen LogP contribution in [0.25, 0.3) is 0 Å². The number of methoxy groups -OCH3 is 1. The molecule has 1 aromatic carbocycles. The molecule has 0 unspecified atom stereocenters. The van der Waals surface area contributed by atoms with E-state index in [9.17, 15) is 18.8 Å². The van der Waals surface area contributed by atoms with Gasteiger partial charge in [-0.3, -0.25) is 9.59 Å². The minimum Gasteiger partial charge on any atom is -0.453 e. The fraction of sp³-hybridized carbons (Fsp3) is 0.438. The number of rotatable bonds is 4. The van der Waals surface area contributed by atoms with Gasteiger partial charge < -0.3 is 20.3 Å². The third-order valence-electron chi connectivity index (χ3n) is 3.83. The number of likely N-dealkylation sites (tertiary alicyclic amines) is 1. The number of amides is 3. The summed E-state index contributed by atoms with van der Waals surface area (Å²) in [5, 5.41) is 5.08. The Labute approximate surface area is 139 Å². The number of piperidine rings is 1. The smallest absolute Gasteiger partial charge is 0.407 e. The van der Waals surface area contributed by atoms with Crippen molar-refractivity contribution in [1.29, 1.82) is 0 Å². The van der Waals surface area contributed by atoms with Gasteiger partial charge in [0.2, 0.25) is 5.91 Å². The zero-order valence-corrected chi connectivity index (χ0v) is 13.4. The number of halogens is 1. The second kappa shape index (κ2) is 8.28. The van der Waals surface area contributed by atoms with Crippen molar-refractivity contribution in [1.82, 2.24) is 15.5 Å². The molecule has 24 heavy (non-hydrogen) atoms. The Morgan fingerprint density at radius 2 is 1.92 bits per heavy atom. The molecule has 0 saturated carbocycles. The second-order valence-corrected chi connectivity index (χ2v) is 5.46. The van der Waals surface area contributed by atoms with Crippen LogP contribution in [0.5, 0.6) is 0 Å². The molecule has 1 aromatic rings. The summed E-state index contributed by atoms with van der Waals surface area (Å²) in [6.45, 7) is 0.701. The molecule has 0 spiro atoms. The maximum absolute atomic E-state index is 13.7. The predicted octanol–water partition coefficient (Wildman–Crippen LogP) is 0.903. The first kappa shape index (κ1) is 17.7. The first-order valence-corrected chi connectivity index (χ1v) is 7.66. The van der Waals surface area contributed by atoms with Gasteiger partial charge in [-0.2, -0.15) is 0 Å². The zero-order chi connectivity index (χ0) is 17.5. The van der Waals surface area contributed by atoms with Gasteiger partial charge in [0.1, 0.15) is 12.4 Å². The molecule has 130 valence electrons. The van der Waals surface area contributed by atoms with Crippen molar-refractivity contribution in [2.24, 2.45) is 0 Å². The lowest BCUT2D eigenvalue weighted by atomic mass is 10.0. The molecule has 7 nitrogen and oxygen atoms in total. The lowest BCUT2D eigenvalue weighted by Crippen LogP contribution is -2.48. The van der Waals surface area contributed by atoms with E-state index >= 15 is 0 Å². The molecular weight excluding hydrogens is 317 g/mol. The van der Waals surface area contributed by atoms with Crippen molar-refractivity contribution in [3.63, 3.8) is 0 Å². The van der Waals surface area contributed by atoms with Gasteiger partial charge in [0.25, 0.3) is 5.91 Å². The van der Waals surface area contributed by atoms with Crippen molar-refractivity contribution >= 4 is 17.9 Å². The molecule has 1 fully saturated rings. The quantitative estimate of drug-likeness (QED) is 0.855. The van der Waals surface area contributed by atoms with E-state index in [2.05, 4.69) is 15.4 Å². The highest BCUT2D eigenvalue weighted by Gasteiger charge is 2.25. The monoisotopic (exact) mass is 337 g/mol. The van der Waals surface area contributed by atoms with Gasteiger partial charge >= 0.3 is 6.09 Å². The number of alkyl carbamates (subject to hydrolysis) is 1. The number of ether oxygens (including phenoxy) is 1. The van der Waals surface area contributed by atoms with Crippen molar-refractivity contribution in [3.05, 3.63) is 35.6 Å². The lowest BCUT2D eigenvalue weighted by molar-refractivity contribution is -0.121. The van der Waals surface area contributed by atoms with Crippen LogP contribution < -0.4 is 10.6 Å². The fourth-order valence-electron chi connectivity index (χ4n) is 2.54. The summed E-state index contributed by atoms with van der Waals surface area (Å²) in [6.07, 6.45) is 0.476. The van der Waals surface area contributed by atoms with E-state index in [1.165, 1.54) is 25.3 Å². The molecule has 0 atom stereocenters. The summed E-state index contributed by atoms with van der Waals surface area (Å²) in [4.78, 5) is 36.5. The number of hydrogen-bond acceptors (Lipinski definition) is 4. The Balaban J connectivity index is 1.79. The van der Waals surface area contributed by atoms with Crippen LogP contribution in [0, 0.1) is 5.82 Å². The Morgan fingerprint density at radius 1 is 1.25 bits per heavy atom. The van der Waals surface area contributed by atoms with Crippen LogP contribution in [0.15, 0.2) is 24.3 Å². The highest BCUT2D eigenvalue weighted by Crippen LogP contribution is 2.16. The second-order valence-electron chi connectivity index (χ2n) is 5.46. The minimum atomic E-state index is -0.671. The van der Waals surface area contributed by atoms with Crippen LogP contribution in [0.4, 0.5) is 9.18 Å². The third kappa shape index (κ3) is 4.68. The molecule has 0 radical (unpaired) electrons. The SMILES string of the molecule is COC(=O)NCC(=O)NC1CCN(C(=O)c2ccccc2F)CC1. The highest BCUT2D eigenvalue weighted by atomic mass is 19.1. The Bertz CT molecular complexity index is 615. The summed E-state index contributed by atoms with van der Waals surface area (Å²) in [5.41, 5.74) is 0.0577. The van der Waals surface area contributed by atoms with Crippen LogP contribution in [0.1, 0.15) is 23.2 Å². The van der Waals surface area contributed by atoms with Gasteiger partial charge in [0.15, 0.2) is 0 Å². The summed E-state index contributed by atoms with van der Waals surface area (Å²) in [5.74, 6) is -1.20. The normalized spacial score (nSPS) is 14.8. The van der Waals surface area contributed by atoms with Gasteiger partial charge in [-0.15, -0.1) is 0 Å². The summed E-state index contributed by atoms with van der Waals surface area (Å²) in [7, 11) is 1.22. The van der Waals surface area contributed by atoms with E-state index in [4.69, 9.17) is 0 Å². The number of benzene rings is 1. The van der Waals surface area contributed by atoms with Crippen molar-refractivity contribution in [2.45, 2.75) is 18.9 Å². The van der Waals surface area contributed by atoms with Crippen molar-refractivity contribution < 1.29 is 23.5 Å². The Hall–Kier alpha value is -2.64. The van der Waals surface area contributed by atoms with E-state index in [-0.39, 0.29) is 30.0 Å². The van der Waals surface area contributed by atoms with Crippen LogP contribution in [0.3, 0.4) is 0 Å².